The molecule has 1 heterocycles. The average Bonchev–Trinajstić information content (AvgIpc) is 2.81. The second kappa shape index (κ2) is 5.33. The SMILES string of the molecule is CCN(c1ccc(F)cc1)c1cc2nc(C)sc2cc1N. The molecule has 0 aliphatic heterocycles. The number of fused-ring (bicyclic) bond motifs is 1. The van der Waals surface area contributed by atoms with Crippen LogP contribution in [0.2, 0.25) is 0 Å². The Hall–Kier alpha value is -2.14. The molecule has 3 nitrogen and oxygen atoms in total. The lowest BCUT2D eigenvalue weighted by atomic mass is 10.2. The highest BCUT2D eigenvalue weighted by Crippen LogP contribution is 2.35. The van der Waals surface area contributed by atoms with Crippen LogP contribution in [0.25, 0.3) is 10.2 Å². The van der Waals surface area contributed by atoms with Gasteiger partial charge in [-0.15, -0.1) is 11.3 Å². The molecule has 108 valence electrons. The molecule has 0 unspecified atom stereocenters. The van der Waals surface area contributed by atoms with E-state index in [9.17, 15) is 4.39 Å². The minimum absolute atomic E-state index is 0.242. The fraction of sp³-hybridized carbons (Fsp3) is 0.188. The molecule has 0 radical (unpaired) electrons. The Balaban J connectivity index is 2.11. The third-order valence-electron chi connectivity index (χ3n) is 3.39. The van der Waals surface area contributed by atoms with E-state index < -0.39 is 0 Å². The van der Waals surface area contributed by atoms with Crippen LogP contribution in [-0.2, 0) is 0 Å². The monoisotopic (exact) mass is 301 g/mol. The molecule has 0 saturated carbocycles. The zero-order chi connectivity index (χ0) is 15.0. The van der Waals surface area contributed by atoms with E-state index >= 15 is 0 Å². The predicted molar refractivity (Wildman–Crippen MR) is 87.8 cm³/mol. The highest BCUT2D eigenvalue weighted by molar-refractivity contribution is 7.18. The molecule has 0 bridgehead atoms. The van der Waals surface area contributed by atoms with Gasteiger partial charge in [-0.25, -0.2) is 9.37 Å². The van der Waals surface area contributed by atoms with Crippen LogP contribution in [-0.4, -0.2) is 11.5 Å². The summed E-state index contributed by atoms with van der Waals surface area (Å²) in [4.78, 5) is 6.57. The predicted octanol–water partition coefficient (Wildman–Crippen LogP) is 4.48. The molecule has 5 heteroatoms. The number of rotatable bonds is 3. The van der Waals surface area contributed by atoms with E-state index in [0.717, 1.165) is 33.1 Å². The molecule has 0 saturated heterocycles. The van der Waals surface area contributed by atoms with E-state index in [1.54, 1.807) is 23.5 Å². The van der Waals surface area contributed by atoms with E-state index in [2.05, 4.69) is 9.88 Å². The van der Waals surface area contributed by atoms with Crippen molar-refractivity contribution in [2.75, 3.05) is 17.2 Å². The Kier molecular flexibility index (Phi) is 3.51. The van der Waals surface area contributed by atoms with Crippen LogP contribution < -0.4 is 10.6 Å². The van der Waals surface area contributed by atoms with Gasteiger partial charge >= 0.3 is 0 Å². The van der Waals surface area contributed by atoms with Crippen molar-refractivity contribution in [2.24, 2.45) is 0 Å². The highest BCUT2D eigenvalue weighted by atomic mass is 32.1. The lowest BCUT2D eigenvalue weighted by Gasteiger charge is -2.24. The van der Waals surface area contributed by atoms with Gasteiger partial charge in [-0.2, -0.15) is 0 Å². The van der Waals surface area contributed by atoms with Gasteiger partial charge in [-0.1, -0.05) is 0 Å². The molecule has 1 aromatic heterocycles. The number of nitrogen functional groups attached to an aromatic ring is 1. The average molecular weight is 301 g/mol. The molecular formula is C16H16FN3S. The Morgan fingerprint density at radius 2 is 1.95 bits per heavy atom. The summed E-state index contributed by atoms with van der Waals surface area (Å²) in [6.45, 7) is 4.77. The summed E-state index contributed by atoms with van der Waals surface area (Å²) in [6.07, 6.45) is 0. The lowest BCUT2D eigenvalue weighted by Crippen LogP contribution is -2.17. The van der Waals surface area contributed by atoms with E-state index in [1.807, 2.05) is 26.0 Å². The number of halogens is 1. The molecule has 0 atom stereocenters. The number of benzene rings is 2. The van der Waals surface area contributed by atoms with E-state index in [0.29, 0.717) is 5.69 Å². The highest BCUT2D eigenvalue weighted by Gasteiger charge is 2.13. The molecular weight excluding hydrogens is 285 g/mol. The number of hydrogen-bond acceptors (Lipinski definition) is 4. The van der Waals surface area contributed by atoms with Crippen molar-refractivity contribution < 1.29 is 4.39 Å². The van der Waals surface area contributed by atoms with Crippen LogP contribution in [0.15, 0.2) is 36.4 Å². The first kappa shape index (κ1) is 13.8. The van der Waals surface area contributed by atoms with E-state index in [4.69, 9.17) is 5.73 Å². The van der Waals surface area contributed by atoms with Crippen molar-refractivity contribution in [1.29, 1.82) is 0 Å². The minimum Gasteiger partial charge on any atom is -0.397 e. The number of nitrogens with two attached hydrogens (primary N) is 1. The number of aromatic nitrogens is 1. The number of nitrogens with zero attached hydrogens (tertiary/aromatic N) is 2. The lowest BCUT2D eigenvalue weighted by molar-refractivity contribution is 0.628. The van der Waals surface area contributed by atoms with Gasteiger partial charge in [-0.3, -0.25) is 0 Å². The zero-order valence-electron chi connectivity index (χ0n) is 11.9. The third kappa shape index (κ3) is 2.56. The number of hydrogen-bond donors (Lipinski definition) is 1. The number of anilines is 3. The fourth-order valence-electron chi connectivity index (χ4n) is 2.44. The normalized spacial score (nSPS) is 11.0. The van der Waals surface area contributed by atoms with Crippen molar-refractivity contribution >= 4 is 38.6 Å². The van der Waals surface area contributed by atoms with Gasteiger partial charge in [0.05, 0.1) is 26.6 Å². The van der Waals surface area contributed by atoms with Crippen LogP contribution in [0, 0.1) is 12.7 Å². The van der Waals surface area contributed by atoms with Gasteiger partial charge in [0.1, 0.15) is 5.82 Å². The van der Waals surface area contributed by atoms with Crippen LogP contribution >= 0.6 is 11.3 Å². The molecule has 3 rings (SSSR count). The molecule has 0 aliphatic carbocycles. The van der Waals surface area contributed by atoms with Crippen molar-refractivity contribution in [3.05, 3.63) is 47.2 Å². The van der Waals surface area contributed by atoms with Crippen LogP contribution in [0.5, 0.6) is 0 Å². The smallest absolute Gasteiger partial charge is 0.123 e. The summed E-state index contributed by atoms with van der Waals surface area (Å²) in [5.74, 6) is -0.242. The summed E-state index contributed by atoms with van der Waals surface area (Å²) >= 11 is 1.63. The molecule has 0 amide bonds. The van der Waals surface area contributed by atoms with Crippen LogP contribution in [0.3, 0.4) is 0 Å². The van der Waals surface area contributed by atoms with Gasteiger partial charge in [0.25, 0.3) is 0 Å². The summed E-state index contributed by atoms with van der Waals surface area (Å²) in [5, 5.41) is 1.02. The minimum atomic E-state index is -0.242. The molecule has 0 fully saturated rings. The standard InChI is InChI=1S/C16H16FN3S/c1-3-20(12-6-4-11(17)5-7-12)15-9-14-16(8-13(15)18)21-10(2)19-14/h4-9H,3,18H2,1-2H3. The zero-order valence-corrected chi connectivity index (χ0v) is 12.7. The number of aryl methyl sites for hydroxylation is 1. The third-order valence-corrected chi connectivity index (χ3v) is 4.32. The maximum atomic E-state index is 13.1. The Morgan fingerprint density at radius 1 is 1.24 bits per heavy atom. The topological polar surface area (TPSA) is 42.2 Å². The summed E-state index contributed by atoms with van der Waals surface area (Å²) < 4.78 is 14.2. The molecule has 2 N–H and O–H groups in total. The van der Waals surface area contributed by atoms with Crippen molar-refractivity contribution in [2.45, 2.75) is 13.8 Å². The Bertz CT molecular complexity index is 780. The Labute approximate surface area is 126 Å². The maximum absolute atomic E-state index is 13.1. The Morgan fingerprint density at radius 3 is 2.62 bits per heavy atom. The second-order valence-electron chi connectivity index (χ2n) is 4.83. The van der Waals surface area contributed by atoms with Crippen LogP contribution in [0.1, 0.15) is 11.9 Å². The molecule has 2 aromatic carbocycles. The largest absolute Gasteiger partial charge is 0.397 e. The summed E-state index contributed by atoms with van der Waals surface area (Å²) in [6, 6.07) is 10.4. The first-order chi connectivity index (χ1) is 10.1. The second-order valence-corrected chi connectivity index (χ2v) is 6.07. The first-order valence-electron chi connectivity index (χ1n) is 6.78. The molecule has 0 spiro atoms. The van der Waals surface area contributed by atoms with Crippen LogP contribution in [0.4, 0.5) is 21.5 Å². The van der Waals surface area contributed by atoms with Gasteiger partial charge in [-0.05, 0) is 50.2 Å². The molecule has 0 aliphatic rings. The van der Waals surface area contributed by atoms with Crippen molar-refractivity contribution in [3.63, 3.8) is 0 Å². The fourth-order valence-corrected chi connectivity index (χ4v) is 3.30. The number of thiazole rings is 1. The quantitative estimate of drug-likeness (QED) is 0.725. The molecule has 3 aromatic rings. The van der Waals surface area contributed by atoms with Gasteiger partial charge < -0.3 is 10.6 Å². The van der Waals surface area contributed by atoms with Gasteiger partial charge in [0.15, 0.2) is 0 Å². The van der Waals surface area contributed by atoms with E-state index in [-0.39, 0.29) is 5.82 Å². The molecule has 21 heavy (non-hydrogen) atoms. The van der Waals surface area contributed by atoms with Gasteiger partial charge in [0, 0.05) is 12.2 Å². The van der Waals surface area contributed by atoms with Gasteiger partial charge in [0.2, 0.25) is 0 Å². The summed E-state index contributed by atoms with van der Waals surface area (Å²) in [7, 11) is 0. The first-order valence-corrected chi connectivity index (χ1v) is 7.60. The van der Waals surface area contributed by atoms with E-state index in [1.165, 1.54) is 12.1 Å². The summed E-state index contributed by atoms with van der Waals surface area (Å²) in [5.41, 5.74) is 9.67. The van der Waals surface area contributed by atoms with Crippen molar-refractivity contribution in [3.8, 4) is 0 Å². The van der Waals surface area contributed by atoms with Crippen molar-refractivity contribution in [1.82, 2.24) is 4.98 Å². The maximum Gasteiger partial charge on any atom is 0.123 e.